The van der Waals surface area contributed by atoms with Gasteiger partial charge in [0.2, 0.25) is 0 Å². The fourth-order valence-electron chi connectivity index (χ4n) is 2.08. The van der Waals surface area contributed by atoms with E-state index in [4.69, 9.17) is 0 Å². The molecule has 0 aliphatic rings. The molecule has 0 radical (unpaired) electrons. The maximum absolute atomic E-state index is 11.3. The van der Waals surface area contributed by atoms with Crippen LogP contribution in [0.15, 0.2) is 41.3 Å². The molecule has 0 spiro atoms. The first-order valence-corrected chi connectivity index (χ1v) is 7.45. The Bertz CT molecular complexity index is 660. The maximum Gasteiger partial charge on any atom is 0.294 e. The second-order valence-electron chi connectivity index (χ2n) is 4.38. The Morgan fingerprint density at radius 3 is 2.56 bits per heavy atom. The topological polar surface area (TPSA) is 54.4 Å². The molecule has 0 saturated carbocycles. The van der Waals surface area contributed by atoms with Gasteiger partial charge in [0.25, 0.3) is 10.1 Å². The first-order valence-electron chi connectivity index (χ1n) is 6.01. The van der Waals surface area contributed by atoms with Gasteiger partial charge < -0.3 is 0 Å². The van der Waals surface area contributed by atoms with Crippen molar-refractivity contribution < 1.29 is 13.0 Å². The van der Waals surface area contributed by atoms with Crippen molar-refractivity contribution in [1.82, 2.24) is 0 Å². The molecule has 0 aromatic heterocycles. The van der Waals surface area contributed by atoms with Crippen LogP contribution in [0, 0.1) is 0 Å². The van der Waals surface area contributed by atoms with E-state index in [-0.39, 0.29) is 4.90 Å². The minimum Gasteiger partial charge on any atom is -0.282 e. The molecule has 4 heteroatoms. The van der Waals surface area contributed by atoms with Gasteiger partial charge in [0, 0.05) is 0 Å². The summed E-state index contributed by atoms with van der Waals surface area (Å²) in [4.78, 5) is -0.0210. The predicted octanol–water partition coefficient (Wildman–Crippen LogP) is 3.43. The molecule has 1 N–H and O–H groups in total. The lowest BCUT2D eigenvalue weighted by Crippen LogP contribution is -2.00. The highest BCUT2D eigenvalue weighted by Gasteiger charge is 2.12. The molecule has 96 valence electrons. The van der Waals surface area contributed by atoms with Gasteiger partial charge in [-0.2, -0.15) is 8.42 Å². The molecule has 0 aliphatic heterocycles. The molecule has 2 aromatic carbocycles. The largest absolute Gasteiger partial charge is 0.294 e. The van der Waals surface area contributed by atoms with E-state index >= 15 is 0 Å². The summed E-state index contributed by atoms with van der Waals surface area (Å²) in [5.74, 6) is 0. The number of fused-ring (bicyclic) bond motifs is 1. The SMILES string of the molecule is CCCCc1cc(S(=O)(=O)O)cc2ccccc12. The number of aryl methyl sites for hydroxylation is 1. The third kappa shape index (κ3) is 2.71. The molecule has 18 heavy (non-hydrogen) atoms. The third-order valence-corrected chi connectivity index (χ3v) is 3.85. The second kappa shape index (κ2) is 5.08. The van der Waals surface area contributed by atoms with Crippen LogP contribution in [0.3, 0.4) is 0 Å². The van der Waals surface area contributed by atoms with Crippen LogP contribution in [0.25, 0.3) is 10.8 Å². The van der Waals surface area contributed by atoms with E-state index in [1.54, 1.807) is 6.07 Å². The number of benzene rings is 2. The van der Waals surface area contributed by atoms with Crippen LogP contribution < -0.4 is 0 Å². The molecule has 0 bridgehead atoms. The van der Waals surface area contributed by atoms with Crippen molar-refractivity contribution in [2.24, 2.45) is 0 Å². The highest BCUT2D eigenvalue weighted by molar-refractivity contribution is 7.85. The smallest absolute Gasteiger partial charge is 0.282 e. The van der Waals surface area contributed by atoms with Gasteiger partial charge in [-0.3, -0.25) is 4.55 Å². The van der Waals surface area contributed by atoms with Crippen molar-refractivity contribution in [2.45, 2.75) is 31.1 Å². The van der Waals surface area contributed by atoms with E-state index in [2.05, 4.69) is 6.92 Å². The van der Waals surface area contributed by atoms with E-state index in [0.717, 1.165) is 35.6 Å². The molecule has 0 heterocycles. The fourth-order valence-corrected chi connectivity index (χ4v) is 2.65. The Kier molecular flexibility index (Phi) is 3.68. The van der Waals surface area contributed by atoms with E-state index < -0.39 is 10.1 Å². The average molecular weight is 264 g/mol. The van der Waals surface area contributed by atoms with Crippen LogP contribution in [-0.2, 0) is 16.5 Å². The normalized spacial score (nSPS) is 11.9. The average Bonchev–Trinajstić information content (AvgIpc) is 2.34. The quantitative estimate of drug-likeness (QED) is 0.861. The maximum atomic E-state index is 11.3. The molecule has 0 saturated heterocycles. The van der Waals surface area contributed by atoms with Gasteiger partial charge in [0.1, 0.15) is 0 Å². The molecule has 0 atom stereocenters. The van der Waals surface area contributed by atoms with Gasteiger partial charge in [-0.25, -0.2) is 0 Å². The minimum absolute atomic E-state index is 0.0210. The molecule has 2 aromatic rings. The molecule has 3 nitrogen and oxygen atoms in total. The summed E-state index contributed by atoms with van der Waals surface area (Å²) in [6.07, 6.45) is 2.86. The zero-order chi connectivity index (χ0) is 13.2. The summed E-state index contributed by atoms with van der Waals surface area (Å²) >= 11 is 0. The molecular weight excluding hydrogens is 248 g/mol. The first-order chi connectivity index (χ1) is 8.52. The van der Waals surface area contributed by atoms with Crippen molar-refractivity contribution >= 4 is 20.9 Å². The van der Waals surface area contributed by atoms with Gasteiger partial charge >= 0.3 is 0 Å². The predicted molar refractivity (Wildman–Crippen MR) is 72.4 cm³/mol. The third-order valence-electron chi connectivity index (χ3n) is 3.02. The summed E-state index contributed by atoms with van der Waals surface area (Å²) in [5, 5.41) is 1.90. The Hall–Kier alpha value is -1.39. The molecule has 2 rings (SSSR count). The fraction of sp³-hybridized carbons (Fsp3) is 0.286. The summed E-state index contributed by atoms with van der Waals surface area (Å²) in [6, 6.07) is 10.7. The highest BCUT2D eigenvalue weighted by Crippen LogP contribution is 2.25. The van der Waals surface area contributed by atoms with Gasteiger partial charge in [0.15, 0.2) is 0 Å². The van der Waals surface area contributed by atoms with Crippen molar-refractivity contribution in [2.75, 3.05) is 0 Å². The van der Waals surface area contributed by atoms with Crippen molar-refractivity contribution in [3.05, 3.63) is 42.0 Å². The van der Waals surface area contributed by atoms with E-state index in [0.29, 0.717) is 0 Å². The number of hydrogen-bond donors (Lipinski definition) is 1. The van der Waals surface area contributed by atoms with Gasteiger partial charge in [-0.15, -0.1) is 0 Å². The lowest BCUT2D eigenvalue weighted by Gasteiger charge is -2.08. The number of unbranched alkanes of at least 4 members (excludes halogenated alkanes) is 1. The number of rotatable bonds is 4. The minimum atomic E-state index is -4.14. The standard InChI is InChI=1S/C14H16O3S/c1-2-3-6-11-9-13(18(15,16)17)10-12-7-4-5-8-14(11)12/h4-5,7-10H,2-3,6H2,1H3,(H,15,16,17). The summed E-state index contributed by atoms with van der Waals surface area (Å²) in [5.41, 5.74) is 0.975. The van der Waals surface area contributed by atoms with E-state index in [9.17, 15) is 13.0 Å². The Balaban J connectivity index is 2.64. The molecule has 0 fully saturated rings. The lowest BCUT2D eigenvalue weighted by atomic mass is 10.0. The van der Waals surface area contributed by atoms with E-state index in [1.807, 2.05) is 24.3 Å². The molecular formula is C14H16O3S. The Morgan fingerprint density at radius 1 is 1.17 bits per heavy atom. The van der Waals surface area contributed by atoms with Crippen LogP contribution in [0.2, 0.25) is 0 Å². The van der Waals surface area contributed by atoms with Crippen LogP contribution >= 0.6 is 0 Å². The molecule has 0 amide bonds. The van der Waals surface area contributed by atoms with Crippen molar-refractivity contribution in [3.8, 4) is 0 Å². The molecule has 0 aliphatic carbocycles. The van der Waals surface area contributed by atoms with Gasteiger partial charge in [-0.05, 0) is 41.3 Å². The monoisotopic (exact) mass is 264 g/mol. The van der Waals surface area contributed by atoms with E-state index in [1.165, 1.54) is 6.07 Å². The van der Waals surface area contributed by atoms with Crippen LogP contribution in [0.1, 0.15) is 25.3 Å². The van der Waals surface area contributed by atoms with Crippen molar-refractivity contribution in [1.29, 1.82) is 0 Å². The first kappa shape index (κ1) is 13.1. The lowest BCUT2D eigenvalue weighted by molar-refractivity contribution is 0.483. The van der Waals surface area contributed by atoms with Crippen LogP contribution in [-0.4, -0.2) is 13.0 Å². The second-order valence-corrected chi connectivity index (χ2v) is 5.80. The van der Waals surface area contributed by atoms with Crippen LogP contribution in [0.4, 0.5) is 0 Å². The Labute approximate surface area is 107 Å². The summed E-state index contributed by atoms with van der Waals surface area (Å²) in [6.45, 7) is 2.09. The molecule has 0 unspecified atom stereocenters. The highest BCUT2D eigenvalue weighted by atomic mass is 32.2. The zero-order valence-corrected chi connectivity index (χ0v) is 11.1. The van der Waals surface area contributed by atoms with Gasteiger partial charge in [-0.1, -0.05) is 37.6 Å². The summed E-state index contributed by atoms with van der Waals surface area (Å²) in [7, 11) is -4.14. The van der Waals surface area contributed by atoms with Crippen LogP contribution in [0.5, 0.6) is 0 Å². The van der Waals surface area contributed by atoms with Crippen molar-refractivity contribution in [3.63, 3.8) is 0 Å². The zero-order valence-electron chi connectivity index (χ0n) is 10.3. The number of hydrogen-bond acceptors (Lipinski definition) is 2. The van der Waals surface area contributed by atoms with Gasteiger partial charge in [0.05, 0.1) is 4.90 Å². The Morgan fingerprint density at radius 2 is 1.89 bits per heavy atom. The summed E-state index contributed by atoms with van der Waals surface area (Å²) < 4.78 is 31.7.